The van der Waals surface area contributed by atoms with Crippen molar-refractivity contribution in [1.29, 1.82) is 0 Å². The van der Waals surface area contributed by atoms with Crippen LogP contribution in [0.4, 0.5) is 5.69 Å². The fourth-order valence-electron chi connectivity index (χ4n) is 1.06. The summed E-state index contributed by atoms with van der Waals surface area (Å²) in [6.07, 6.45) is 0. The largest absolute Gasteiger partial charge is 0.287 e. The standard InChI is InChI=1S/C8H5NO2S2/c10-9(11)7-2-4-13-8(7)6-1-3-12-5-6/h1-5H. The SMILES string of the molecule is O=[N+]([O-])c1ccsc1-c1ccsc1. The molecule has 2 rings (SSSR count). The Kier molecular flexibility index (Phi) is 2.12. The van der Waals surface area contributed by atoms with E-state index >= 15 is 0 Å². The molecule has 0 aromatic carbocycles. The van der Waals surface area contributed by atoms with Crippen molar-refractivity contribution >= 4 is 28.4 Å². The fraction of sp³-hybridized carbons (Fsp3) is 0. The Labute approximate surface area is 82.4 Å². The van der Waals surface area contributed by atoms with Gasteiger partial charge < -0.3 is 0 Å². The number of nitrogens with zero attached hydrogens (tertiary/aromatic N) is 1. The van der Waals surface area contributed by atoms with Crippen molar-refractivity contribution in [2.24, 2.45) is 0 Å². The molecular weight excluding hydrogens is 206 g/mol. The van der Waals surface area contributed by atoms with E-state index in [-0.39, 0.29) is 10.6 Å². The fourth-order valence-corrected chi connectivity index (χ4v) is 2.64. The lowest BCUT2D eigenvalue weighted by Gasteiger charge is -1.91. The van der Waals surface area contributed by atoms with Crippen LogP contribution in [0, 0.1) is 10.1 Å². The van der Waals surface area contributed by atoms with E-state index in [2.05, 4.69) is 0 Å². The van der Waals surface area contributed by atoms with Gasteiger partial charge in [-0.15, -0.1) is 11.3 Å². The molecule has 0 bridgehead atoms. The van der Waals surface area contributed by atoms with Crippen LogP contribution in [0.5, 0.6) is 0 Å². The van der Waals surface area contributed by atoms with Crippen LogP contribution in [0.2, 0.25) is 0 Å². The summed E-state index contributed by atoms with van der Waals surface area (Å²) in [5, 5.41) is 16.2. The molecular formula is C8H5NO2S2. The minimum Gasteiger partial charge on any atom is -0.258 e. The Bertz CT molecular complexity index is 419. The van der Waals surface area contributed by atoms with Gasteiger partial charge in [0.05, 0.1) is 4.92 Å². The lowest BCUT2D eigenvalue weighted by atomic mass is 10.2. The molecule has 0 aliphatic carbocycles. The lowest BCUT2D eigenvalue weighted by molar-refractivity contribution is -0.383. The third kappa shape index (κ3) is 1.48. The number of thiophene rings is 2. The molecule has 3 nitrogen and oxygen atoms in total. The Morgan fingerprint density at radius 1 is 1.31 bits per heavy atom. The van der Waals surface area contributed by atoms with Crippen LogP contribution in [0.25, 0.3) is 10.4 Å². The monoisotopic (exact) mass is 211 g/mol. The van der Waals surface area contributed by atoms with Gasteiger partial charge in [0.25, 0.3) is 5.69 Å². The summed E-state index contributed by atoms with van der Waals surface area (Å²) in [6.45, 7) is 0. The predicted molar refractivity (Wildman–Crippen MR) is 54.3 cm³/mol. The molecule has 66 valence electrons. The van der Waals surface area contributed by atoms with Crippen LogP contribution in [-0.2, 0) is 0 Å². The second kappa shape index (κ2) is 3.27. The van der Waals surface area contributed by atoms with Gasteiger partial charge in [-0.2, -0.15) is 11.3 Å². The van der Waals surface area contributed by atoms with E-state index in [1.807, 2.05) is 16.8 Å². The van der Waals surface area contributed by atoms with Gasteiger partial charge >= 0.3 is 0 Å². The maximum atomic E-state index is 10.6. The first-order valence-corrected chi connectivity index (χ1v) is 5.36. The zero-order valence-electron chi connectivity index (χ0n) is 6.47. The number of rotatable bonds is 2. The van der Waals surface area contributed by atoms with Crippen LogP contribution >= 0.6 is 22.7 Å². The molecule has 0 N–H and O–H groups in total. The molecule has 0 amide bonds. The van der Waals surface area contributed by atoms with Crippen LogP contribution in [0.1, 0.15) is 0 Å². The summed E-state index contributed by atoms with van der Waals surface area (Å²) in [6, 6.07) is 3.43. The maximum Gasteiger partial charge on any atom is 0.287 e. The Hall–Kier alpha value is -1.20. The molecule has 0 radical (unpaired) electrons. The van der Waals surface area contributed by atoms with Crippen molar-refractivity contribution in [1.82, 2.24) is 0 Å². The summed E-state index contributed by atoms with van der Waals surface area (Å²) in [5.41, 5.74) is 1.13. The topological polar surface area (TPSA) is 43.1 Å². The van der Waals surface area contributed by atoms with Gasteiger partial charge in [-0.25, -0.2) is 0 Å². The highest BCUT2D eigenvalue weighted by molar-refractivity contribution is 7.15. The highest BCUT2D eigenvalue weighted by Gasteiger charge is 2.16. The van der Waals surface area contributed by atoms with Gasteiger partial charge in [-0.05, 0) is 22.2 Å². The van der Waals surface area contributed by atoms with Crippen molar-refractivity contribution in [2.75, 3.05) is 0 Å². The van der Waals surface area contributed by atoms with E-state index in [0.717, 1.165) is 10.4 Å². The molecule has 0 aliphatic rings. The highest BCUT2D eigenvalue weighted by Crippen LogP contribution is 2.35. The average molecular weight is 211 g/mol. The highest BCUT2D eigenvalue weighted by atomic mass is 32.1. The third-order valence-electron chi connectivity index (χ3n) is 1.62. The number of hydrogen-bond donors (Lipinski definition) is 0. The summed E-state index contributed by atoms with van der Waals surface area (Å²) in [4.78, 5) is 11.0. The molecule has 2 aromatic rings. The second-order valence-electron chi connectivity index (χ2n) is 2.40. The molecule has 0 atom stereocenters. The van der Waals surface area contributed by atoms with Crippen molar-refractivity contribution in [3.63, 3.8) is 0 Å². The molecule has 0 fully saturated rings. The van der Waals surface area contributed by atoms with E-state index in [4.69, 9.17) is 0 Å². The Balaban J connectivity index is 2.52. The third-order valence-corrected chi connectivity index (χ3v) is 3.26. The van der Waals surface area contributed by atoms with Gasteiger partial charge in [0.2, 0.25) is 0 Å². The first-order valence-electron chi connectivity index (χ1n) is 3.53. The molecule has 0 saturated carbocycles. The summed E-state index contributed by atoms with van der Waals surface area (Å²) in [7, 11) is 0. The van der Waals surface area contributed by atoms with Crippen molar-refractivity contribution in [3.05, 3.63) is 38.4 Å². The molecule has 2 heterocycles. The van der Waals surface area contributed by atoms with E-state index in [1.54, 1.807) is 16.7 Å². The second-order valence-corrected chi connectivity index (χ2v) is 4.10. The molecule has 0 aliphatic heterocycles. The van der Waals surface area contributed by atoms with E-state index in [1.165, 1.54) is 17.4 Å². The van der Waals surface area contributed by atoms with E-state index in [0.29, 0.717) is 0 Å². The minimum absolute atomic E-state index is 0.198. The van der Waals surface area contributed by atoms with Crippen molar-refractivity contribution in [3.8, 4) is 10.4 Å². The van der Waals surface area contributed by atoms with Gasteiger partial charge in [-0.1, -0.05) is 0 Å². The molecule has 13 heavy (non-hydrogen) atoms. The van der Waals surface area contributed by atoms with Crippen LogP contribution < -0.4 is 0 Å². The zero-order valence-corrected chi connectivity index (χ0v) is 8.10. The van der Waals surface area contributed by atoms with Crippen LogP contribution in [0.3, 0.4) is 0 Å². The minimum atomic E-state index is -0.344. The Morgan fingerprint density at radius 3 is 2.77 bits per heavy atom. The first-order chi connectivity index (χ1) is 6.29. The predicted octanol–water partition coefficient (Wildman–Crippen LogP) is 3.38. The lowest BCUT2D eigenvalue weighted by Crippen LogP contribution is -1.85. The van der Waals surface area contributed by atoms with E-state index in [9.17, 15) is 10.1 Å². The summed E-state index contributed by atoms with van der Waals surface area (Å²) >= 11 is 2.94. The van der Waals surface area contributed by atoms with Gasteiger partial charge in [0.1, 0.15) is 4.88 Å². The molecule has 2 aromatic heterocycles. The quantitative estimate of drug-likeness (QED) is 0.564. The average Bonchev–Trinajstić information content (AvgIpc) is 2.74. The number of hydrogen-bond acceptors (Lipinski definition) is 4. The normalized spacial score (nSPS) is 10.2. The molecule has 0 unspecified atom stereocenters. The summed E-state index contributed by atoms with van der Waals surface area (Å²) in [5.74, 6) is 0. The summed E-state index contributed by atoms with van der Waals surface area (Å²) < 4.78 is 0. The molecule has 0 saturated heterocycles. The van der Waals surface area contributed by atoms with Crippen LogP contribution in [-0.4, -0.2) is 4.92 Å². The first kappa shape index (κ1) is 8.40. The van der Waals surface area contributed by atoms with Crippen LogP contribution in [0.15, 0.2) is 28.3 Å². The van der Waals surface area contributed by atoms with Gasteiger partial charge in [0, 0.05) is 11.6 Å². The zero-order chi connectivity index (χ0) is 9.26. The Morgan fingerprint density at radius 2 is 2.15 bits per heavy atom. The maximum absolute atomic E-state index is 10.6. The van der Waals surface area contributed by atoms with Gasteiger partial charge in [-0.3, -0.25) is 10.1 Å². The van der Waals surface area contributed by atoms with Crippen molar-refractivity contribution < 1.29 is 4.92 Å². The van der Waals surface area contributed by atoms with E-state index < -0.39 is 0 Å². The van der Waals surface area contributed by atoms with Gasteiger partial charge in [0.15, 0.2) is 0 Å². The molecule has 5 heteroatoms. The van der Waals surface area contributed by atoms with Crippen molar-refractivity contribution in [2.45, 2.75) is 0 Å². The number of nitro groups is 1. The molecule has 0 spiro atoms. The smallest absolute Gasteiger partial charge is 0.258 e.